The summed E-state index contributed by atoms with van der Waals surface area (Å²) in [6, 6.07) is 20.1. The maximum atomic E-state index is 14.5. The number of amides is 1. The molecule has 1 aliphatic heterocycles. The highest BCUT2D eigenvalue weighted by molar-refractivity contribution is 6.02. The average Bonchev–Trinajstić information content (AvgIpc) is 3.61. The lowest BCUT2D eigenvalue weighted by molar-refractivity contribution is 0.0917. The van der Waals surface area contributed by atoms with Gasteiger partial charge in [-0.3, -0.25) is 4.79 Å². The first-order valence-corrected chi connectivity index (χ1v) is 15.0. The summed E-state index contributed by atoms with van der Waals surface area (Å²) in [7, 11) is 1.71. The second-order valence-electron chi connectivity index (χ2n) is 11.9. The van der Waals surface area contributed by atoms with Crippen LogP contribution in [0.2, 0.25) is 0 Å². The molecule has 0 saturated carbocycles. The van der Waals surface area contributed by atoms with E-state index in [0.29, 0.717) is 35.7 Å². The zero-order chi connectivity index (χ0) is 30.2. The topological polar surface area (TPSA) is 79.3 Å². The lowest BCUT2D eigenvalue weighted by atomic mass is 9.85. The summed E-state index contributed by atoms with van der Waals surface area (Å²) >= 11 is 0. The predicted octanol–water partition coefficient (Wildman–Crippen LogP) is 7.10. The molecule has 6 rings (SSSR count). The van der Waals surface area contributed by atoms with Crippen molar-refractivity contribution in [2.75, 3.05) is 13.7 Å². The van der Waals surface area contributed by atoms with Crippen LogP contribution in [0.5, 0.6) is 5.75 Å². The van der Waals surface area contributed by atoms with Crippen LogP contribution in [0.25, 0.3) is 33.4 Å². The van der Waals surface area contributed by atoms with Crippen molar-refractivity contribution in [1.82, 2.24) is 14.9 Å². The highest BCUT2D eigenvalue weighted by Crippen LogP contribution is 2.43. The quantitative estimate of drug-likeness (QED) is 0.174. The lowest BCUT2D eigenvalue weighted by Crippen LogP contribution is -2.39. The highest BCUT2D eigenvalue weighted by atomic mass is 19.1. The van der Waals surface area contributed by atoms with Crippen molar-refractivity contribution in [2.24, 2.45) is 5.92 Å². The Balaban J connectivity index is 1.42. The molecule has 2 unspecified atom stereocenters. The van der Waals surface area contributed by atoms with Gasteiger partial charge in [-0.15, -0.1) is 0 Å². The second kappa shape index (κ2) is 11.7. The number of carbonyl (C=O) groups excluding carboxylic acids is 1. The number of carbonyl (C=O) groups is 1. The third-order valence-corrected chi connectivity index (χ3v) is 8.96. The summed E-state index contributed by atoms with van der Waals surface area (Å²) < 4.78 is 22.5. The molecule has 3 heterocycles. The van der Waals surface area contributed by atoms with Crippen molar-refractivity contribution in [3.8, 4) is 28.3 Å². The van der Waals surface area contributed by atoms with Crippen LogP contribution in [0.1, 0.15) is 53.7 Å². The minimum absolute atomic E-state index is 0.215. The summed E-state index contributed by atoms with van der Waals surface area (Å²) in [6.07, 6.45) is 3.15. The number of halogens is 1. The Morgan fingerprint density at radius 1 is 1.09 bits per heavy atom. The molecule has 6 nitrogen and oxygen atoms in total. The number of H-pyrrole nitrogens is 1. The molecule has 0 saturated heterocycles. The number of aliphatic hydroxyl groups excluding tert-OH is 1. The molecule has 3 N–H and O–H groups in total. The number of aliphatic hydroxyl groups is 1. The molecule has 0 radical (unpaired) electrons. The van der Waals surface area contributed by atoms with Crippen molar-refractivity contribution in [3.05, 3.63) is 101 Å². The maximum Gasteiger partial charge on any atom is 0.253 e. The van der Waals surface area contributed by atoms with Gasteiger partial charge in [-0.1, -0.05) is 51.1 Å². The number of benzene rings is 3. The van der Waals surface area contributed by atoms with Gasteiger partial charge in [0.25, 0.3) is 5.91 Å². The normalized spacial score (nSPS) is 13.9. The SMILES string of the molecule is COc1cc2c(cc1C(C)C(C)C)-c1cc(C(=O)NC(CO)Cc3c[nH]c4ccccc34)c(-c3cccc(F)c3)n1CC2. The molecule has 1 amide bonds. The van der Waals surface area contributed by atoms with E-state index in [1.54, 1.807) is 13.2 Å². The minimum Gasteiger partial charge on any atom is -0.496 e. The number of nitrogens with zero attached hydrogens (tertiary/aromatic N) is 1. The van der Waals surface area contributed by atoms with Crippen molar-refractivity contribution >= 4 is 16.8 Å². The number of methoxy groups -OCH3 is 1. The Kier molecular flexibility index (Phi) is 7.84. The highest BCUT2D eigenvalue weighted by Gasteiger charge is 2.29. The van der Waals surface area contributed by atoms with E-state index in [1.165, 1.54) is 12.1 Å². The van der Waals surface area contributed by atoms with E-state index in [1.807, 2.05) is 42.6 Å². The number of aromatic amines is 1. The number of ether oxygens (including phenoxy) is 1. The first-order chi connectivity index (χ1) is 20.8. The van der Waals surface area contributed by atoms with Crippen LogP contribution in [0.15, 0.2) is 72.9 Å². The number of para-hydroxylation sites is 1. The minimum atomic E-state index is -0.501. The number of hydrogen-bond donors (Lipinski definition) is 3. The summed E-state index contributed by atoms with van der Waals surface area (Å²) in [6.45, 7) is 7.03. The molecule has 43 heavy (non-hydrogen) atoms. The van der Waals surface area contributed by atoms with E-state index in [9.17, 15) is 14.3 Å². The van der Waals surface area contributed by atoms with Crippen LogP contribution in [0.3, 0.4) is 0 Å². The van der Waals surface area contributed by atoms with Crippen LogP contribution in [-0.4, -0.2) is 40.3 Å². The zero-order valence-corrected chi connectivity index (χ0v) is 25.1. The second-order valence-corrected chi connectivity index (χ2v) is 11.9. The van der Waals surface area contributed by atoms with Crippen molar-refractivity contribution in [1.29, 1.82) is 0 Å². The number of aryl methyl sites for hydroxylation is 1. The molecule has 2 atom stereocenters. The summed E-state index contributed by atoms with van der Waals surface area (Å²) in [5.41, 5.74) is 8.07. The Labute approximate surface area is 251 Å². The predicted molar refractivity (Wildman–Crippen MR) is 169 cm³/mol. The zero-order valence-electron chi connectivity index (χ0n) is 25.1. The van der Waals surface area contributed by atoms with Crippen LogP contribution < -0.4 is 10.1 Å². The van der Waals surface area contributed by atoms with Crippen molar-refractivity contribution in [2.45, 2.75) is 52.1 Å². The van der Waals surface area contributed by atoms with Gasteiger partial charge in [0.1, 0.15) is 11.6 Å². The third-order valence-electron chi connectivity index (χ3n) is 8.96. The Morgan fingerprint density at radius 3 is 2.65 bits per heavy atom. The summed E-state index contributed by atoms with van der Waals surface area (Å²) in [4.78, 5) is 17.3. The Hall–Kier alpha value is -4.36. The van der Waals surface area contributed by atoms with Gasteiger partial charge in [0.15, 0.2) is 0 Å². The molecule has 0 bridgehead atoms. The van der Waals surface area contributed by atoms with E-state index < -0.39 is 6.04 Å². The molecular formula is C36H38FN3O3. The molecule has 2 aromatic heterocycles. The monoisotopic (exact) mass is 579 g/mol. The van der Waals surface area contributed by atoms with E-state index >= 15 is 0 Å². The summed E-state index contributed by atoms with van der Waals surface area (Å²) in [5.74, 6) is 0.906. The fourth-order valence-electron chi connectivity index (χ4n) is 6.32. The van der Waals surface area contributed by atoms with Gasteiger partial charge >= 0.3 is 0 Å². The molecule has 3 aromatic carbocycles. The molecule has 222 valence electrons. The van der Waals surface area contributed by atoms with Gasteiger partial charge in [0, 0.05) is 40.5 Å². The van der Waals surface area contributed by atoms with Gasteiger partial charge in [-0.2, -0.15) is 0 Å². The number of fused-ring (bicyclic) bond motifs is 4. The molecule has 0 fully saturated rings. The fraction of sp³-hybridized carbons (Fsp3) is 0.306. The Bertz CT molecular complexity index is 1800. The summed E-state index contributed by atoms with van der Waals surface area (Å²) in [5, 5.41) is 14.4. The van der Waals surface area contributed by atoms with Gasteiger partial charge in [0.05, 0.1) is 31.0 Å². The van der Waals surface area contributed by atoms with E-state index in [-0.39, 0.29) is 24.2 Å². The smallest absolute Gasteiger partial charge is 0.253 e. The van der Waals surface area contributed by atoms with Gasteiger partial charge < -0.3 is 24.7 Å². The third kappa shape index (κ3) is 5.34. The van der Waals surface area contributed by atoms with Gasteiger partial charge in [-0.25, -0.2) is 4.39 Å². The standard InChI is InChI=1S/C36H38FN3O3/c1-21(2)22(3)29-17-30-23(16-34(29)43-4)12-13-40-33(30)18-31(35(40)24-8-7-9-26(37)14-24)36(42)39-27(20-41)15-25-19-38-32-11-6-5-10-28(25)32/h5-11,14,16-19,21-22,27,38,41H,12-13,15,20H2,1-4H3,(H,39,42). The molecule has 7 heteroatoms. The maximum absolute atomic E-state index is 14.5. The van der Waals surface area contributed by atoms with Crippen molar-refractivity contribution < 1.29 is 19.0 Å². The first kappa shape index (κ1) is 28.7. The van der Waals surface area contributed by atoms with Crippen LogP contribution in [-0.2, 0) is 19.4 Å². The number of aromatic nitrogens is 2. The largest absolute Gasteiger partial charge is 0.496 e. The number of nitrogens with one attached hydrogen (secondary N) is 2. The van der Waals surface area contributed by atoms with Crippen LogP contribution >= 0.6 is 0 Å². The average molecular weight is 580 g/mol. The first-order valence-electron chi connectivity index (χ1n) is 15.0. The molecule has 5 aromatic rings. The van der Waals surface area contributed by atoms with Crippen molar-refractivity contribution in [3.63, 3.8) is 0 Å². The molecular weight excluding hydrogens is 541 g/mol. The van der Waals surface area contributed by atoms with E-state index in [4.69, 9.17) is 4.74 Å². The molecule has 1 aliphatic rings. The van der Waals surface area contributed by atoms with Gasteiger partial charge in [0.2, 0.25) is 0 Å². The van der Waals surface area contributed by atoms with E-state index in [0.717, 1.165) is 51.0 Å². The van der Waals surface area contributed by atoms with Crippen LogP contribution in [0, 0.1) is 11.7 Å². The fourth-order valence-corrected chi connectivity index (χ4v) is 6.32. The number of hydrogen-bond acceptors (Lipinski definition) is 3. The van der Waals surface area contributed by atoms with Crippen LogP contribution in [0.4, 0.5) is 4.39 Å². The number of rotatable bonds is 9. The van der Waals surface area contributed by atoms with Gasteiger partial charge in [-0.05, 0) is 77.8 Å². The molecule has 0 aliphatic carbocycles. The molecule has 0 spiro atoms. The lowest BCUT2D eigenvalue weighted by Gasteiger charge is -2.26. The van der Waals surface area contributed by atoms with E-state index in [2.05, 4.69) is 47.8 Å². The Morgan fingerprint density at radius 2 is 1.91 bits per heavy atom.